The highest BCUT2D eigenvalue weighted by Gasteiger charge is 2.26. The Labute approximate surface area is 145 Å². The molecule has 8 heteroatoms. The second-order valence-electron chi connectivity index (χ2n) is 4.90. The van der Waals surface area contributed by atoms with Crippen LogP contribution in [-0.4, -0.2) is 22.4 Å². The highest BCUT2D eigenvalue weighted by molar-refractivity contribution is 7.20. The number of hydrogen-bond donors (Lipinski definition) is 1. The molecule has 1 aromatic carbocycles. The molecular formula is C15H9Cl2N3O2S. The van der Waals surface area contributed by atoms with Gasteiger partial charge in [0.25, 0.3) is 5.91 Å². The van der Waals surface area contributed by atoms with E-state index in [2.05, 4.69) is 10.3 Å². The maximum Gasteiger partial charge on any atom is 0.256 e. The molecule has 0 radical (unpaired) electrons. The fraction of sp³-hybridized carbons (Fsp3) is 0.0667. The fourth-order valence-corrected chi connectivity index (χ4v) is 3.81. The van der Waals surface area contributed by atoms with E-state index < -0.39 is 0 Å². The normalized spacial score (nSPS) is 15.3. The molecule has 2 aromatic heterocycles. The van der Waals surface area contributed by atoms with Gasteiger partial charge in [-0.3, -0.25) is 9.20 Å². The average Bonchev–Trinajstić information content (AvgIpc) is 3.11. The predicted octanol–water partition coefficient (Wildman–Crippen LogP) is 4.20. The van der Waals surface area contributed by atoms with Crippen molar-refractivity contribution in [3.8, 4) is 5.75 Å². The topological polar surface area (TPSA) is 55.6 Å². The number of imidazole rings is 1. The third-order valence-corrected chi connectivity index (χ3v) is 4.96. The van der Waals surface area contributed by atoms with Crippen LogP contribution in [0.3, 0.4) is 0 Å². The summed E-state index contributed by atoms with van der Waals surface area (Å²) in [6.07, 6.45) is 3.44. The van der Waals surface area contributed by atoms with E-state index in [1.54, 1.807) is 29.8 Å². The first-order valence-corrected chi connectivity index (χ1v) is 8.18. The minimum absolute atomic E-state index is 0.194. The van der Waals surface area contributed by atoms with Gasteiger partial charge in [0.05, 0.1) is 18.4 Å². The Balaban J connectivity index is 1.91. The summed E-state index contributed by atoms with van der Waals surface area (Å²) < 4.78 is 7.60. The van der Waals surface area contributed by atoms with Gasteiger partial charge in [-0.2, -0.15) is 0 Å². The van der Waals surface area contributed by atoms with Gasteiger partial charge in [-0.15, -0.1) is 0 Å². The number of benzene rings is 1. The first kappa shape index (κ1) is 14.6. The highest BCUT2D eigenvalue weighted by Crippen LogP contribution is 2.37. The standard InChI is InChI=1S/C15H9Cl2N3O2S/c1-22-7-2-3-10-8(4-7)9(14(21)18-10)5-11-13(17)19-15-20(11)6-12(16)23-15/h2-6H,1H3,(H,18,21)/b9-5+. The number of fused-ring (bicyclic) bond motifs is 2. The minimum Gasteiger partial charge on any atom is -0.497 e. The molecule has 0 saturated heterocycles. The lowest BCUT2D eigenvalue weighted by molar-refractivity contribution is -0.110. The first-order chi connectivity index (χ1) is 11.1. The Morgan fingerprint density at radius 1 is 1.39 bits per heavy atom. The van der Waals surface area contributed by atoms with Crippen LogP contribution in [0.2, 0.25) is 9.49 Å². The molecule has 5 nitrogen and oxygen atoms in total. The number of nitrogens with one attached hydrogen (secondary N) is 1. The number of amides is 1. The molecular weight excluding hydrogens is 357 g/mol. The highest BCUT2D eigenvalue weighted by atomic mass is 35.5. The van der Waals surface area contributed by atoms with Crippen molar-refractivity contribution in [1.82, 2.24) is 9.38 Å². The van der Waals surface area contributed by atoms with Crippen LogP contribution < -0.4 is 10.1 Å². The largest absolute Gasteiger partial charge is 0.497 e. The molecule has 1 amide bonds. The number of carbonyl (C=O) groups excluding carboxylic acids is 1. The fourth-order valence-electron chi connectivity index (χ4n) is 2.51. The summed E-state index contributed by atoms with van der Waals surface area (Å²) in [5, 5.41) is 3.15. The second-order valence-corrected chi connectivity index (χ2v) is 6.90. The van der Waals surface area contributed by atoms with Crippen LogP contribution in [0.1, 0.15) is 11.3 Å². The maximum absolute atomic E-state index is 12.3. The number of methoxy groups -OCH3 is 1. The van der Waals surface area contributed by atoms with Crippen LogP contribution in [0.15, 0.2) is 24.4 Å². The lowest BCUT2D eigenvalue weighted by Gasteiger charge is -2.03. The van der Waals surface area contributed by atoms with Crippen molar-refractivity contribution in [1.29, 1.82) is 0 Å². The van der Waals surface area contributed by atoms with Crippen LogP contribution >= 0.6 is 34.5 Å². The number of anilines is 1. The number of halogens is 2. The van der Waals surface area contributed by atoms with Crippen molar-refractivity contribution in [2.45, 2.75) is 0 Å². The molecule has 0 aliphatic carbocycles. The van der Waals surface area contributed by atoms with Crippen molar-refractivity contribution in [2.75, 3.05) is 12.4 Å². The number of ether oxygens (including phenoxy) is 1. The molecule has 0 saturated carbocycles. The van der Waals surface area contributed by atoms with Crippen LogP contribution in [0.25, 0.3) is 16.6 Å². The SMILES string of the molecule is COc1ccc2c(c1)/C(=C\c1c(Cl)nc3sc(Cl)cn13)C(=O)N2. The van der Waals surface area contributed by atoms with Crippen molar-refractivity contribution < 1.29 is 9.53 Å². The number of aromatic nitrogens is 2. The number of nitrogens with zero attached hydrogens (tertiary/aromatic N) is 2. The summed E-state index contributed by atoms with van der Waals surface area (Å²) in [4.78, 5) is 17.2. The summed E-state index contributed by atoms with van der Waals surface area (Å²) in [5.41, 5.74) is 2.62. The zero-order chi connectivity index (χ0) is 16.1. The molecule has 1 N–H and O–H groups in total. The van der Waals surface area contributed by atoms with Gasteiger partial charge in [-0.1, -0.05) is 34.5 Å². The Bertz CT molecular complexity index is 990. The van der Waals surface area contributed by atoms with Gasteiger partial charge in [-0.25, -0.2) is 4.98 Å². The summed E-state index contributed by atoms with van der Waals surface area (Å²) >= 11 is 13.5. The van der Waals surface area contributed by atoms with Gasteiger partial charge in [0.1, 0.15) is 10.1 Å². The lowest BCUT2D eigenvalue weighted by atomic mass is 10.1. The van der Waals surface area contributed by atoms with E-state index >= 15 is 0 Å². The quantitative estimate of drug-likeness (QED) is 0.692. The average molecular weight is 366 g/mol. The maximum atomic E-state index is 12.3. The van der Waals surface area contributed by atoms with Crippen LogP contribution in [0.5, 0.6) is 5.75 Å². The monoisotopic (exact) mass is 365 g/mol. The number of thiazole rings is 1. The van der Waals surface area contributed by atoms with Crippen LogP contribution in [0.4, 0.5) is 5.69 Å². The molecule has 0 bridgehead atoms. The minimum atomic E-state index is -0.194. The Hall–Kier alpha value is -2.02. The van der Waals surface area contributed by atoms with E-state index in [1.165, 1.54) is 11.3 Å². The summed E-state index contributed by atoms with van der Waals surface area (Å²) in [6, 6.07) is 5.42. The molecule has 116 valence electrons. The first-order valence-electron chi connectivity index (χ1n) is 6.61. The number of hydrogen-bond acceptors (Lipinski definition) is 4. The summed E-state index contributed by atoms with van der Waals surface area (Å²) in [5.74, 6) is 0.481. The zero-order valence-electron chi connectivity index (χ0n) is 11.8. The van der Waals surface area contributed by atoms with E-state index in [0.29, 0.717) is 31.5 Å². The Morgan fingerprint density at radius 2 is 2.22 bits per heavy atom. The lowest BCUT2D eigenvalue weighted by Crippen LogP contribution is -2.03. The summed E-state index contributed by atoms with van der Waals surface area (Å²) in [7, 11) is 1.58. The molecule has 4 rings (SSSR count). The van der Waals surface area contributed by atoms with Gasteiger partial charge >= 0.3 is 0 Å². The summed E-state index contributed by atoms with van der Waals surface area (Å²) in [6.45, 7) is 0. The van der Waals surface area contributed by atoms with Crippen molar-refractivity contribution in [3.63, 3.8) is 0 Å². The molecule has 1 aliphatic rings. The van der Waals surface area contributed by atoms with Gasteiger partial charge in [-0.05, 0) is 24.3 Å². The number of carbonyl (C=O) groups is 1. The van der Waals surface area contributed by atoms with E-state index in [4.69, 9.17) is 27.9 Å². The Morgan fingerprint density at radius 3 is 3.00 bits per heavy atom. The smallest absolute Gasteiger partial charge is 0.256 e. The van der Waals surface area contributed by atoms with E-state index in [-0.39, 0.29) is 5.91 Å². The second kappa shape index (κ2) is 5.26. The third-order valence-electron chi connectivity index (χ3n) is 3.58. The Kier molecular flexibility index (Phi) is 3.33. The van der Waals surface area contributed by atoms with E-state index in [1.807, 2.05) is 12.1 Å². The molecule has 0 fully saturated rings. The van der Waals surface area contributed by atoms with Crippen molar-refractivity contribution in [2.24, 2.45) is 0 Å². The van der Waals surface area contributed by atoms with Crippen molar-refractivity contribution >= 4 is 62.7 Å². The molecule has 0 spiro atoms. The predicted molar refractivity (Wildman–Crippen MR) is 92.6 cm³/mol. The molecule has 1 aliphatic heterocycles. The third kappa shape index (κ3) is 2.30. The molecule has 0 unspecified atom stereocenters. The molecule has 0 atom stereocenters. The van der Waals surface area contributed by atoms with E-state index in [0.717, 1.165) is 11.3 Å². The van der Waals surface area contributed by atoms with Gasteiger partial charge in [0, 0.05) is 17.4 Å². The molecule has 23 heavy (non-hydrogen) atoms. The molecule has 3 aromatic rings. The van der Waals surface area contributed by atoms with E-state index in [9.17, 15) is 4.79 Å². The van der Waals surface area contributed by atoms with Crippen LogP contribution in [-0.2, 0) is 4.79 Å². The van der Waals surface area contributed by atoms with Crippen LogP contribution in [0, 0.1) is 0 Å². The van der Waals surface area contributed by atoms with Crippen molar-refractivity contribution in [3.05, 3.63) is 45.1 Å². The van der Waals surface area contributed by atoms with Gasteiger partial charge < -0.3 is 10.1 Å². The van der Waals surface area contributed by atoms with Gasteiger partial charge in [0.2, 0.25) is 0 Å². The molecule has 3 heterocycles. The van der Waals surface area contributed by atoms with Gasteiger partial charge in [0.15, 0.2) is 10.1 Å². The number of rotatable bonds is 2. The zero-order valence-corrected chi connectivity index (χ0v) is 14.1.